The smallest absolute Gasteiger partial charge is 0.332 e. The number of rotatable bonds is 2. The highest BCUT2D eigenvalue weighted by atomic mass is 16.3. The normalized spacial score (nSPS) is 50.6. The molecule has 4 aliphatic rings. The fourth-order valence-corrected chi connectivity index (χ4v) is 7.99. The van der Waals surface area contributed by atoms with Gasteiger partial charge in [0.2, 0.25) is 0 Å². The van der Waals surface area contributed by atoms with Crippen molar-refractivity contribution in [3.8, 4) is 0 Å². The van der Waals surface area contributed by atoms with Crippen molar-refractivity contribution in [3.05, 3.63) is 0 Å². The Labute approximate surface area is 163 Å². The monoisotopic (exact) mass is 375 g/mol. The fourth-order valence-electron chi connectivity index (χ4n) is 7.99. The van der Waals surface area contributed by atoms with Gasteiger partial charge in [0.15, 0.2) is 0 Å². The first-order valence-corrected chi connectivity index (χ1v) is 11.1. The molecule has 5 heteroatoms. The number of aliphatic hydroxyl groups is 1. The third-order valence-corrected chi connectivity index (χ3v) is 9.73. The van der Waals surface area contributed by atoms with Gasteiger partial charge in [0.05, 0.1) is 5.60 Å². The van der Waals surface area contributed by atoms with Gasteiger partial charge < -0.3 is 10.8 Å². The van der Waals surface area contributed by atoms with Crippen molar-refractivity contribution in [1.29, 1.82) is 0 Å². The van der Waals surface area contributed by atoms with E-state index in [9.17, 15) is 9.90 Å². The molecule has 4 fully saturated rings. The first-order chi connectivity index (χ1) is 12.7. The summed E-state index contributed by atoms with van der Waals surface area (Å²) in [6, 6.07) is -0.573. The van der Waals surface area contributed by atoms with Crippen molar-refractivity contribution in [3.63, 3.8) is 0 Å². The Kier molecular flexibility index (Phi) is 4.60. The molecule has 0 heterocycles. The average Bonchev–Trinajstić information content (AvgIpc) is 2.91. The Bertz CT molecular complexity index is 649. The Hall–Kier alpha value is -1.10. The lowest BCUT2D eigenvalue weighted by Gasteiger charge is -2.61. The number of amides is 2. The van der Waals surface area contributed by atoms with E-state index in [-0.39, 0.29) is 5.41 Å². The molecule has 152 valence electrons. The second-order valence-electron chi connectivity index (χ2n) is 10.4. The van der Waals surface area contributed by atoms with Gasteiger partial charge in [-0.3, -0.25) is 0 Å². The van der Waals surface area contributed by atoms with Crippen LogP contribution in [0.1, 0.15) is 85.0 Å². The van der Waals surface area contributed by atoms with Crippen LogP contribution in [0.5, 0.6) is 0 Å². The maximum absolute atomic E-state index is 11.3. The Morgan fingerprint density at radius 1 is 1.19 bits per heavy atom. The fraction of sp³-hybridized carbons (Fsp3) is 0.909. The lowest BCUT2D eigenvalue weighted by Crippen LogP contribution is -2.56. The minimum Gasteiger partial charge on any atom is -0.389 e. The number of hydrazone groups is 1. The van der Waals surface area contributed by atoms with Crippen molar-refractivity contribution >= 4 is 11.7 Å². The van der Waals surface area contributed by atoms with Gasteiger partial charge >= 0.3 is 6.03 Å². The highest BCUT2D eigenvalue weighted by Gasteiger charge is 2.63. The molecule has 0 saturated heterocycles. The van der Waals surface area contributed by atoms with E-state index in [0.29, 0.717) is 17.3 Å². The zero-order chi connectivity index (χ0) is 19.4. The Morgan fingerprint density at radius 3 is 2.63 bits per heavy atom. The summed E-state index contributed by atoms with van der Waals surface area (Å²) < 4.78 is 0. The van der Waals surface area contributed by atoms with E-state index in [0.717, 1.165) is 43.2 Å². The van der Waals surface area contributed by atoms with E-state index >= 15 is 0 Å². The number of nitrogens with one attached hydrogen (secondary N) is 1. The van der Waals surface area contributed by atoms with E-state index in [1.807, 2.05) is 0 Å². The summed E-state index contributed by atoms with van der Waals surface area (Å²) in [5.41, 5.74) is 8.75. The Balaban J connectivity index is 1.54. The number of carbonyl (C=O) groups is 1. The molecule has 2 amide bonds. The highest BCUT2D eigenvalue weighted by molar-refractivity contribution is 5.87. The molecule has 0 aromatic rings. The minimum absolute atomic E-state index is 0.110. The van der Waals surface area contributed by atoms with Crippen LogP contribution in [-0.2, 0) is 0 Å². The molecular weight excluding hydrogens is 338 g/mol. The third-order valence-electron chi connectivity index (χ3n) is 9.73. The second kappa shape index (κ2) is 6.47. The number of nitrogens with two attached hydrogens (primary N) is 1. The topological polar surface area (TPSA) is 87.7 Å². The first kappa shape index (κ1) is 19.2. The zero-order valence-corrected chi connectivity index (χ0v) is 17.3. The van der Waals surface area contributed by atoms with Crippen molar-refractivity contribution in [2.24, 2.45) is 45.3 Å². The van der Waals surface area contributed by atoms with E-state index < -0.39 is 11.6 Å². The van der Waals surface area contributed by atoms with Gasteiger partial charge in [0, 0.05) is 5.71 Å². The molecule has 0 aliphatic heterocycles. The molecule has 0 aromatic carbocycles. The summed E-state index contributed by atoms with van der Waals surface area (Å²) in [5, 5.41) is 15.6. The summed E-state index contributed by atoms with van der Waals surface area (Å²) in [5.74, 6) is 2.90. The van der Waals surface area contributed by atoms with Crippen LogP contribution in [0.3, 0.4) is 0 Å². The molecule has 4 rings (SSSR count). The summed E-state index contributed by atoms with van der Waals surface area (Å²) in [4.78, 5) is 11.0. The van der Waals surface area contributed by atoms with Gasteiger partial charge in [-0.15, -0.1) is 0 Å². The third kappa shape index (κ3) is 2.75. The predicted octanol–water partition coefficient (Wildman–Crippen LogP) is 4.19. The predicted molar refractivity (Wildman–Crippen MR) is 107 cm³/mol. The van der Waals surface area contributed by atoms with Crippen molar-refractivity contribution in [2.45, 2.75) is 90.6 Å². The molecule has 0 spiro atoms. The molecule has 0 aromatic heterocycles. The number of hydrogen-bond acceptors (Lipinski definition) is 3. The van der Waals surface area contributed by atoms with Crippen LogP contribution in [0.15, 0.2) is 5.10 Å². The summed E-state index contributed by atoms with van der Waals surface area (Å²) in [6.07, 6.45) is 11.2. The van der Waals surface area contributed by atoms with Gasteiger partial charge in [0.1, 0.15) is 0 Å². The molecule has 3 unspecified atom stereocenters. The molecular formula is C22H37N3O2. The van der Waals surface area contributed by atoms with E-state index in [2.05, 4.69) is 31.3 Å². The van der Waals surface area contributed by atoms with Crippen molar-refractivity contribution in [2.75, 3.05) is 0 Å². The molecule has 7 atom stereocenters. The highest BCUT2D eigenvalue weighted by Crippen LogP contribution is 2.68. The number of urea groups is 1. The van der Waals surface area contributed by atoms with E-state index in [4.69, 9.17) is 5.73 Å². The number of fused-ring (bicyclic) bond motifs is 5. The van der Waals surface area contributed by atoms with Crippen LogP contribution in [0.25, 0.3) is 0 Å². The second-order valence-corrected chi connectivity index (χ2v) is 10.4. The molecule has 0 bridgehead atoms. The minimum atomic E-state index is -0.573. The average molecular weight is 376 g/mol. The summed E-state index contributed by atoms with van der Waals surface area (Å²) in [6.45, 7) is 7.08. The van der Waals surface area contributed by atoms with Crippen molar-refractivity contribution in [1.82, 2.24) is 5.43 Å². The summed E-state index contributed by atoms with van der Waals surface area (Å²) >= 11 is 0. The van der Waals surface area contributed by atoms with Crippen LogP contribution in [-0.4, -0.2) is 22.5 Å². The maximum Gasteiger partial charge on any atom is 0.332 e. The quantitative estimate of drug-likeness (QED) is 0.632. The number of primary amides is 1. The first-order valence-electron chi connectivity index (χ1n) is 11.1. The molecule has 0 radical (unpaired) electrons. The standard InChI is InChI=1S/C22H37N3O2/c1-4-22(27)12-9-18-16-6-5-14-13-15(24-25-19(23)26)7-10-20(14,2)17(16)8-11-21(18,22)3/h14,16-18,27H,4-13H2,1-3H3,(H3,23,25,26)/b24-15-/t14-,16?,17?,18-,20-,21-,22?/m1/s1. The van der Waals surface area contributed by atoms with E-state index in [1.165, 1.54) is 38.5 Å². The van der Waals surface area contributed by atoms with E-state index in [1.54, 1.807) is 0 Å². The van der Waals surface area contributed by atoms with Crippen LogP contribution < -0.4 is 11.2 Å². The molecule has 4 saturated carbocycles. The number of carbonyl (C=O) groups excluding carboxylic acids is 1. The summed E-state index contributed by atoms with van der Waals surface area (Å²) in [7, 11) is 0. The Morgan fingerprint density at radius 2 is 1.93 bits per heavy atom. The van der Waals surface area contributed by atoms with Gasteiger partial charge in [-0.1, -0.05) is 20.8 Å². The lowest BCUT2D eigenvalue weighted by atomic mass is 9.44. The molecule has 5 nitrogen and oxygen atoms in total. The largest absolute Gasteiger partial charge is 0.389 e. The maximum atomic E-state index is 11.3. The molecule has 27 heavy (non-hydrogen) atoms. The molecule has 4 N–H and O–H groups in total. The van der Waals surface area contributed by atoms with Gasteiger partial charge in [-0.2, -0.15) is 5.10 Å². The van der Waals surface area contributed by atoms with Gasteiger partial charge in [0.25, 0.3) is 0 Å². The van der Waals surface area contributed by atoms with Crippen LogP contribution in [0, 0.1) is 34.5 Å². The SMILES string of the molecule is CCC1(O)CC[C@@H]2C3CC[C@@H]4C/C(=N\NC(N)=O)CC[C@@]4(C)C3CC[C@]21C. The van der Waals surface area contributed by atoms with Crippen LogP contribution in [0.2, 0.25) is 0 Å². The lowest BCUT2D eigenvalue weighted by molar-refractivity contribution is -0.147. The van der Waals surface area contributed by atoms with Crippen LogP contribution in [0.4, 0.5) is 4.79 Å². The van der Waals surface area contributed by atoms with Gasteiger partial charge in [-0.25, -0.2) is 10.2 Å². The van der Waals surface area contributed by atoms with Crippen molar-refractivity contribution < 1.29 is 9.90 Å². The number of nitrogens with zero attached hydrogens (tertiary/aromatic N) is 1. The van der Waals surface area contributed by atoms with Gasteiger partial charge in [-0.05, 0) is 98.7 Å². The van der Waals surface area contributed by atoms with Crippen LogP contribution >= 0.6 is 0 Å². The zero-order valence-electron chi connectivity index (χ0n) is 17.3. The number of hydrogen-bond donors (Lipinski definition) is 3. The molecule has 4 aliphatic carbocycles.